The fraction of sp³-hybridized carbons (Fsp3) is 0.100. The van der Waals surface area contributed by atoms with Crippen molar-refractivity contribution in [1.82, 2.24) is 15.0 Å². The Hall–Kier alpha value is -2.02. The predicted octanol–water partition coefficient (Wildman–Crippen LogP) is 1.07. The van der Waals surface area contributed by atoms with Gasteiger partial charge in [0.05, 0.1) is 0 Å². The van der Waals surface area contributed by atoms with E-state index in [4.69, 9.17) is 4.74 Å². The molecule has 0 atom stereocenters. The summed E-state index contributed by atoms with van der Waals surface area (Å²) in [5.74, 6) is 0.526. The topological polar surface area (TPSA) is 82.0 Å². The maximum absolute atomic E-state index is 11.2. The lowest BCUT2D eigenvalue weighted by Crippen LogP contribution is -2.05. The number of hydrogen-bond donors (Lipinski definition) is 0. The minimum absolute atomic E-state index is 0.0494. The number of hydrogen-bond acceptors (Lipinski definition) is 6. The minimum atomic E-state index is -3.46. The number of ether oxygens (including phenoxy) is 1. The first kappa shape index (κ1) is 11.5. The summed E-state index contributed by atoms with van der Waals surface area (Å²) in [7, 11) is -3.46. The molecule has 2 aromatic rings. The number of benzene rings is 1. The van der Waals surface area contributed by atoms with Crippen molar-refractivity contribution in [2.75, 3.05) is 6.26 Å². The second-order valence-electron chi connectivity index (χ2n) is 3.24. The Bertz CT molecular complexity index is 614. The zero-order valence-electron chi connectivity index (χ0n) is 8.94. The first-order valence-corrected chi connectivity index (χ1v) is 6.57. The van der Waals surface area contributed by atoms with Gasteiger partial charge in [0.25, 0.3) is 5.16 Å². The Kier molecular flexibility index (Phi) is 3.01. The number of rotatable bonds is 3. The maximum atomic E-state index is 11.2. The van der Waals surface area contributed by atoms with Gasteiger partial charge in [0, 0.05) is 6.26 Å². The molecule has 0 radical (unpaired) electrons. The molecule has 0 saturated heterocycles. The summed E-state index contributed by atoms with van der Waals surface area (Å²) in [6, 6.07) is 8.78. The van der Waals surface area contributed by atoms with Crippen LogP contribution in [0.25, 0.3) is 0 Å². The highest BCUT2D eigenvalue weighted by Gasteiger charge is 2.12. The van der Waals surface area contributed by atoms with Crippen LogP contribution in [0.2, 0.25) is 0 Å². The van der Waals surface area contributed by atoms with Crippen molar-refractivity contribution in [3.63, 3.8) is 0 Å². The number of sulfone groups is 1. The molecule has 0 spiro atoms. The van der Waals surface area contributed by atoms with Gasteiger partial charge in [-0.2, -0.15) is 9.97 Å². The smallest absolute Gasteiger partial charge is 0.326 e. The third-order valence-corrected chi connectivity index (χ3v) is 2.67. The van der Waals surface area contributed by atoms with E-state index in [1.54, 1.807) is 24.3 Å². The van der Waals surface area contributed by atoms with Crippen molar-refractivity contribution in [3.05, 3.63) is 36.7 Å². The molecule has 0 amide bonds. The number of para-hydroxylation sites is 1. The summed E-state index contributed by atoms with van der Waals surface area (Å²) < 4.78 is 27.7. The van der Waals surface area contributed by atoms with E-state index in [2.05, 4.69) is 15.0 Å². The second kappa shape index (κ2) is 4.46. The molecule has 7 heteroatoms. The quantitative estimate of drug-likeness (QED) is 0.811. The molecule has 1 aromatic heterocycles. The predicted molar refractivity (Wildman–Crippen MR) is 59.5 cm³/mol. The van der Waals surface area contributed by atoms with Crippen molar-refractivity contribution in [1.29, 1.82) is 0 Å². The zero-order chi connectivity index (χ0) is 12.3. The van der Waals surface area contributed by atoms with E-state index in [9.17, 15) is 8.42 Å². The Labute approximate surface area is 98.3 Å². The second-order valence-corrected chi connectivity index (χ2v) is 5.15. The molecule has 1 heterocycles. The number of nitrogens with zero attached hydrogens (tertiary/aromatic N) is 3. The molecule has 0 bridgehead atoms. The lowest BCUT2D eigenvalue weighted by atomic mass is 10.3. The van der Waals surface area contributed by atoms with Crippen LogP contribution in [0.4, 0.5) is 0 Å². The van der Waals surface area contributed by atoms with Gasteiger partial charge in [0.15, 0.2) is 0 Å². The Morgan fingerprint density at radius 1 is 1.12 bits per heavy atom. The van der Waals surface area contributed by atoms with Gasteiger partial charge in [-0.25, -0.2) is 13.4 Å². The highest BCUT2D eigenvalue weighted by Crippen LogP contribution is 2.16. The van der Waals surface area contributed by atoms with Crippen LogP contribution in [-0.4, -0.2) is 29.6 Å². The molecular formula is C10H9N3O3S. The van der Waals surface area contributed by atoms with Crippen molar-refractivity contribution >= 4 is 9.84 Å². The lowest BCUT2D eigenvalue weighted by molar-refractivity contribution is 0.430. The minimum Gasteiger partial charge on any atom is -0.424 e. The van der Waals surface area contributed by atoms with Crippen molar-refractivity contribution in [3.8, 4) is 11.8 Å². The summed E-state index contributed by atoms with van der Waals surface area (Å²) in [6.45, 7) is 0. The zero-order valence-corrected chi connectivity index (χ0v) is 9.76. The van der Waals surface area contributed by atoms with Gasteiger partial charge < -0.3 is 4.74 Å². The van der Waals surface area contributed by atoms with Crippen LogP contribution in [0, 0.1) is 0 Å². The summed E-state index contributed by atoms with van der Waals surface area (Å²) in [5, 5.41) is -0.307. The average molecular weight is 251 g/mol. The summed E-state index contributed by atoms with van der Waals surface area (Å²) in [5.41, 5.74) is 0. The van der Waals surface area contributed by atoms with Gasteiger partial charge in [-0.15, -0.1) is 0 Å². The van der Waals surface area contributed by atoms with Crippen LogP contribution in [0.3, 0.4) is 0 Å². The first-order chi connectivity index (χ1) is 8.05. The van der Waals surface area contributed by atoms with Crippen LogP contribution in [0.15, 0.2) is 41.8 Å². The summed E-state index contributed by atoms with van der Waals surface area (Å²) >= 11 is 0. The molecule has 0 unspecified atom stereocenters. The third-order valence-electron chi connectivity index (χ3n) is 1.81. The summed E-state index contributed by atoms with van der Waals surface area (Å²) in [4.78, 5) is 11.0. The van der Waals surface area contributed by atoms with Gasteiger partial charge in [-0.3, -0.25) is 0 Å². The first-order valence-electron chi connectivity index (χ1n) is 4.68. The molecule has 0 N–H and O–H groups in total. The Balaban J connectivity index is 2.29. The highest BCUT2D eigenvalue weighted by molar-refractivity contribution is 7.90. The van der Waals surface area contributed by atoms with Crippen LogP contribution in [0.5, 0.6) is 11.8 Å². The van der Waals surface area contributed by atoms with Crippen molar-refractivity contribution in [2.24, 2.45) is 0 Å². The maximum Gasteiger partial charge on any atom is 0.326 e. The molecule has 0 aliphatic rings. The normalized spacial score (nSPS) is 11.1. The average Bonchev–Trinajstić information content (AvgIpc) is 2.29. The van der Waals surface area contributed by atoms with Crippen LogP contribution in [0.1, 0.15) is 0 Å². The SMILES string of the molecule is CS(=O)(=O)c1ncnc(Oc2ccccc2)n1. The molecule has 2 rings (SSSR count). The molecule has 0 saturated carbocycles. The van der Waals surface area contributed by atoms with E-state index in [-0.39, 0.29) is 11.2 Å². The Morgan fingerprint density at radius 2 is 1.82 bits per heavy atom. The largest absolute Gasteiger partial charge is 0.424 e. The van der Waals surface area contributed by atoms with Gasteiger partial charge in [0.1, 0.15) is 12.1 Å². The molecule has 88 valence electrons. The van der Waals surface area contributed by atoms with Gasteiger partial charge in [0.2, 0.25) is 9.84 Å². The molecule has 1 aromatic carbocycles. The molecule has 0 aliphatic heterocycles. The van der Waals surface area contributed by atoms with Gasteiger partial charge in [-0.1, -0.05) is 18.2 Å². The van der Waals surface area contributed by atoms with E-state index >= 15 is 0 Å². The molecule has 6 nitrogen and oxygen atoms in total. The standard InChI is InChI=1S/C10H9N3O3S/c1-17(14,15)10-12-7-11-9(13-10)16-8-5-3-2-4-6-8/h2-7H,1H3. The lowest BCUT2D eigenvalue weighted by Gasteiger charge is -2.03. The van der Waals surface area contributed by atoms with Gasteiger partial charge in [-0.05, 0) is 12.1 Å². The van der Waals surface area contributed by atoms with Gasteiger partial charge >= 0.3 is 6.01 Å². The van der Waals surface area contributed by atoms with Crippen LogP contribution < -0.4 is 4.74 Å². The molecule has 0 aliphatic carbocycles. The van der Waals surface area contributed by atoms with Crippen molar-refractivity contribution in [2.45, 2.75) is 5.16 Å². The summed E-state index contributed by atoms with van der Waals surface area (Å²) in [6.07, 6.45) is 2.12. The van der Waals surface area contributed by atoms with Crippen molar-refractivity contribution < 1.29 is 13.2 Å². The number of aromatic nitrogens is 3. The highest BCUT2D eigenvalue weighted by atomic mass is 32.2. The molecule has 17 heavy (non-hydrogen) atoms. The monoisotopic (exact) mass is 251 g/mol. The fourth-order valence-corrected chi connectivity index (χ4v) is 1.57. The van der Waals surface area contributed by atoms with E-state index in [1.165, 1.54) is 0 Å². The van der Waals surface area contributed by atoms with Crippen LogP contribution in [-0.2, 0) is 9.84 Å². The van der Waals surface area contributed by atoms with E-state index in [1.807, 2.05) is 6.07 Å². The molecule has 0 fully saturated rings. The molecular weight excluding hydrogens is 242 g/mol. The van der Waals surface area contributed by atoms with Crippen LogP contribution >= 0.6 is 0 Å². The Morgan fingerprint density at radius 3 is 2.47 bits per heavy atom. The van der Waals surface area contributed by atoms with E-state index in [0.29, 0.717) is 5.75 Å². The van der Waals surface area contributed by atoms with E-state index in [0.717, 1.165) is 12.6 Å². The third kappa shape index (κ3) is 2.97. The fourth-order valence-electron chi connectivity index (χ4n) is 1.09. The van der Waals surface area contributed by atoms with E-state index < -0.39 is 9.84 Å².